The predicted molar refractivity (Wildman–Crippen MR) is 103 cm³/mol. The monoisotopic (exact) mass is 360 g/mol. The molecule has 0 aromatic heterocycles. The van der Waals surface area contributed by atoms with Crippen molar-refractivity contribution in [3.63, 3.8) is 0 Å². The highest BCUT2D eigenvalue weighted by atomic mass is 16.5. The van der Waals surface area contributed by atoms with Gasteiger partial charge in [0.2, 0.25) is 0 Å². The minimum absolute atomic E-state index is 0.0864. The molecule has 26 heavy (non-hydrogen) atoms. The van der Waals surface area contributed by atoms with E-state index in [9.17, 15) is 9.90 Å². The zero-order valence-electron chi connectivity index (χ0n) is 17.0. The number of carbonyl (C=O) groups excluding carboxylic acids is 1. The summed E-state index contributed by atoms with van der Waals surface area (Å²) in [6, 6.07) is 0. The average molecular weight is 361 g/mol. The Morgan fingerprint density at radius 2 is 1.92 bits per heavy atom. The van der Waals surface area contributed by atoms with E-state index in [0.29, 0.717) is 29.0 Å². The summed E-state index contributed by atoms with van der Waals surface area (Å²) in [5.41, 5.74) is 1.82. The maximum atomic E-state index is 12.5. The molecule has 0 aromatic rings. The Kier molecular flexibility index (Phi) is 4.63. The second-order valence-electron chi connectivity index (χ2n) is 10.1. The van der Waals surface area contributed by atoms with Gasteiger partial charge in [0, 0.05) is 11.8 Å². The van der Waals surface area contributed by atoms with Gasteiger partial charge in [0.15, 0.2) is 0 Å². The maximum Gasteiger partial charge on any atom is 0.139 e. The van der Waals surface area contributed by atoms with Gasteiger partial charge in [-0.05, 0) is 75.5 Å². The molecule has 146 valence electrons. The minimum Gasteiger partial charge on any atom is -0.391 e. The zero-order chi connectivity index (χ0) is 18.7. The van der Waals surface area contributed by atoms with Crippen molar-refractivity contribution >= 4 is 5.78 Å². The van der Waals surface area contributed by atoms with Gasteiger partial charge in [-0.3, -0.25) is 4.79 Å². The topological polar surface area (TPSA) is 46.5 Å². The lowest BCUT2D eigenvalue weighted by Crippen LogP contribution is -2.52. The fourth-order valence-corrected chi connectivity index (χ4v) is 6.94. The van der Waals surface area contributed by atoms with Crippen molar-refractivity contribution in [1.82, 2.24) is 0 Å². The van der Waals surface area contributed by atoms with Gasteiger partial charge in [-0.2, -0.15) is 0 Å². The van der Waals surface area contributed by atoms with Crippen LogP contribution in [0.1, 0.15) is 79.1 Å². The zero-order valence-corrected chi connectivity index (χ0v) is 17.0. The van der Waals surface area contributed by atoms with Gasteiger partial charge in [0.1, 0.15) is 5.78 Å². The number of rotatable bonds is 3. The standard InChI is InChI=1S/C23H36O3/c1-14(24)15(2)26-20-6-5-12-22(3)18-11-13-23(4)17(9-10-21(23)25)16(18)7-8-19(20)22/h7,14-15,17-20,24H,5-6,8-13H2,1-4H3. The molecule has 8 atom stereocenters. The van der Waals surface area contributed by atoms with E-state index in [4.69, 9.17) is 4.74 Å². The van der Waals surface area contributed by atoms with Crippen molar-refractivity contribution in [3.8, 4) is 0 Å². The van der Waals surface area contributed by atoms with Gasteiger partial charge >= 0.3 is 0 Å². The Labute approximate surface area is 158 Å². The number of Topliss-reactive ketones (excluding diaryl/α,β-unsaturated/α-hetero) is 1. The lowest BCUT2D eigenvalue weighted by atomic mass is 9.48. The fourth-order valence-electron chi connectivity index (χ4n) is 6.94. The third-order valence-electron chi connectivity index (χ3n) is 8.80. The molecule has 4 rings (SSSR count). The van der Waals surface area contributed by atoms with Crippen molar-refractivity contribution in [2.75, 3.05) is 0 Å². The summed E-state index contributed by atoms with van der Waals surface area (Å²) in [7, 11) is 0. The van der Waals surface area contributed by atoms with Crippen molar-refractivity contribution in [1.29, 1.82) is 0 Å². The molecule has 0 radical (unpaired) electrons. The first-order valence-corrected chi connectivity index (χ1v) is 10.8. The Bertz CT molecular complexity index is 609. The molecule has 0 bridgehead atoms. The van der Waals surface area contributed by atoms with Crippen LogP contribution in [0.4, 0.5) is 0 Å². The maximum absolute atomic E-state index is 12.5. The van der Waals surface area contributed by atoms with Crippen LogP contribution < -0.4 is 0 Å². The second kappa shape index (κ2) is 6.44. The summed E-state index contributed by atoms with van der Waals surface area (Å²) in [5, 5.41) is 9.89. The molecule has 8 unspecified atom stereocenters. The SMILES string of the molecule is CC(O)C(C)OC1CCCC2(C)C3CCC4(C)C(=O)CCC4C3=CCC12. The van der Waals surface area contributed by atoms with E-state index in [1.165, 1.54) is 12.8 Å². The summed E-state index contributed by atoms with van der Waals surface area (Å²) in [4.78, 5) is 12.5. The van der Waals surface area contributed by atoms with Crippen LogP contribution >= 0.6 is 0 Å². The highest BCUT2D eigenvalue weighted by molar-refractivity contribution is 5.87. The molecule has 0 saturated heterocycles. The van der Waals surface area contributed by atoms with Gasteiger partial charge in [-0.1, -0.05) is 31.9 Å². The Morgan fingerprint density at radius 1 is 1.15 bits per heavy atom. The van der Waals surface area contributed by atoms with Crippen molar-refractivity contribution in [2.24, 2.45) is 28.6 Å². The number of aliphatic hydroxyl groups is 1. The fraction of sp³-hybridized carbons (Fsp3) is 0.870. The van der Waals surface area contributed by atoms with Crippen LogP contribution in [0.3, 0.4) is 0 Å². The average Bonchev–Trinajstić information content (AvgIpc) is 2.89. The number of carbonyl (C=O) groups is 1. The highest BCUT2D eigenvalue weighted by Crippen LogP contribution is 2.63. The molecule has 0 aromatic carbocycles. The van der Waals surface area contributed by atoms with Crippen LogP contribution in [-0.4, -0.2) is 29.2 Å². The number of allylic oxidation sites excluding steroid dienone is 2. The van der Waals surface area contributed by atoms with E-state index >= 15 is 0 Å². The molecule has 0 heterocycles. The van der Waals surface area contributed by atoms with Gasteiger partial charge in [-0.25, -0.2) is 0 Å². The van der Waals surface area contributed by atoms with E-state index in [0.717, 1.165) is 38.5 Å². The van der Waals surface area contributed by atoms with Crippen LogP contribution in [0.5, 0.6) is 0 Å². The number of hydrogen-bond donors (Lipinski definition) is 1. The summed E-state index contributed by atoms with van der Waals surface area (Å²) < 4.78 is 6.36. The van der Waals surface area contributed by atoms with Crippen LogP contribution in [0.2, 0.25) is 0 Å². The largest absolute Gasteiger partial charge is 0.391 e. The molecule has 0 spiro atoms. The lowest BCUT2D eigenvalue weighted by Gasteiger charge is -2.57. The number of aliphatic hydroxyl groups excluding tert-OH is 1. The second-order valence-corrected chi connectivity index (χ2v) is 10.1. The van der Waals surface area contributed by atoms with Crippen LogP contribution in [0, 0.1) is 28.6 Å². The quantitative estimate of drug-likeness (QED) is 0.744. The molecule has 3 fully saturated rings. The molecule has 4 aliphatic carbocycles. The first-order valence-electron chi connectivity index (χ1n) is 10.8. The van der Waals surface area contributed by atoms with E-state index in [-0.39, 0.29) is 17.6 Å². The van der Waals surface area contributed by atoms with Crippen molar-refractivity contribution < 1.29 is 14.6 Å². The summed E-state index contributed by atoms with van der Waals surface area (Å²) in [6.07, 6.45) is 11.0. The number of ketones is 1. The van der Waals surface area contributed by atoms with Crippen LogP contribution in [0.15, 0.2) is 11.6 Å². The Balaban J connectivity index is 1.62. The Morgan fingerprint density at radius 3 is 2.65 bits per heavy atom. The van der Waals surface area contributed by atoms with E-state index < -0.39 is 6.10 Å². The molecule has 0 aliphatic heterocycles. The third kappa shape index (κ3) is 2.64. The first kappa shape index (κ1) is 18.7. The lowest BCUT2D eigenvalue weighted by molar-refractivity contribution is -0.141. The number of fused-ring (bicyclic) bond motifs is 5. The normalized spacial score (nSPS) is 47.4. The van der Waals surface area contributed by atoms with E-state index in [1.54, 1.807) is 5.57 Å². The summed E-state index contributed by atoms with van der Waals surface area (Å²) >= 11 is 0. The first-order chi connectivity index (χ1) is 12.3. The van der Waals surface area contributed by atoms with Crippen LogP contribution in [-0.2, 0) is 9.53 Å². The van der Waals surface area contributed by atoms with E-state index in [2.05, 4.69) is 19.9 Å². The summed E-state index contributed by atoms with van der Waals surface area (Å²) in [6.45, 7) is 8.55. The molecule has 4 aliphatic rings. The van der Waals surface area contributed by atoms with Crippen molar-refractivity contribution in [3.05, 3.63) is 11.6 Å². The highest BCUT2D eigenvalue weighted by Gasteiger charge is 2.58. The van der Waals surface area contributed by atoms with Crippen molar-refractivity contribution in [2.45, 2.75) is 97.4 Å². The van der Waals surface area contributed by atoms with Crippen LogP contribution in [0.25, 0.3) is 0 Å². The minimum atomic E-state index is -0.419. The van der Waals surface area contributed by atoms with Gasteiger partial charge in [-0.15, -0.1) is 0 Å². The summed E-state index contributed by atoms with van der Waals surface area (Å²) in [5.74, 6) is 2.17. The van der Waals surface area contributed by atoms with Gasteiger partial charge < -0.3 is 9.84 Å². The molecular formula is C23H36O3. The predicted octanol–water partition coefficient (Wildman–Crippen LogP) is 4.67. The Hall–Kier alpha value is -0.670. The molecule has 3 nitrogen and oxygen atoms in total. The van der Waals surface area contributed by atoms with E-state index in [1.807, 2.05) is 13.8 Å². The molecule has 1 N–H and O–H groups in total. The third-order valence-corrected chi connectivity index (χ3v) is 8.80. The smallest absolute Gasteiger partial charge is 0.139 e. The number of hydrogen-bond acceptors (Lipinski definition) is 3. The molecule has 3 saturated carbocycles. The number of ether oxygens (including phenoxy) is 1. The van der Waals surface area contributed by atoms with Gasteiger partial charge in [0.05, 0.1) is 18.3 Å². The molecule has 3 heteroatoms. The molecule has 0 amide bonds. The molecular weight excluding hydrogens is 324 g/mol. The van der Waals surface area contributed by atoms with Gasteiger partial charge in [0.25, 0.3) is 0 Å².